The number of carbonyl (C=O) groups is 1. The molecular weight excluding hydrogens is 250 g/mol. The van der Waals surface area contributed by atoms with Gasteiger partial charge in [-0.1, -0.05) is 38.5 Å². The molecule has 1 rings (SSSR count). The molecule has 0 spiro atoms. The number of carbonyl (C=O) groups excluding carboxylic acids is 1. The van der Waals surface area contributed by atoms with Crippen LogP contribution in [0.15, 0.2) is 18.3 Å². The molecule has 4 nitrogen and oxygen atoms in total. The zero-order chi connectivity index (χ0) is 15.0. The van der Waals surface area contributed by atoms with Crippen LogP contribution in [0.1, 0.15) is 49.7 Å². The van der Waals surface area contributed by atoms with Crippen molar-refractivity contribution in [2.75, 3.05) is 6.54 Å². The lowest BCUT2D eigenvalue weighted by molar-refractivity contribution is 0.0920. The van der Waals surface area contributed by atoms with E-state index in [-0.39, 0.29) is 18.5 Å². The summed E-state index contributed by atoms with van der Waals surface area (Å²) in [6.45, 7) is 6.56. The lowest BCUT2D eigenvalue weighted by atomic mass is 9.95. The van der Waals surface area contributed by atoms with E-state index in [2.05, 4.69) is 36.0 Å². The average Bonchev–Trinajstić information content (AvgIpc) is 2.46. The Morgan fingerprint density at radius 3 is 2.75 bits per heavy atom. The highest BCUT2D eigenvalue weighted by molar-refractivity contribution is 5.94. The van der Waals surface area contributed by atoms with Crippen molar-refractivity contribution >= 4 is 5.91 Å². The number of amides is 1. The monoisotopic (exact) mass is 273 g/mol. The van der Waals surface area contributed by atoms with E-state index in [1.807, 2.05) is 6.92 Å². The third kappa shape index (κ3) is 4.36. The summed E-state index contributed by atoms with van der Waals surface area (Å²) in [6.07, 6.45) is 3.68. The van der Waals surface area contributed by atoms with Gasteiger partial charge in [-0.15, -0.1) is 0 Å². The number of aromatic nitrogens is 1. The van der Waals surface area contributed by atoms with Crippen LogP contribution < -0.4 is 11.1 Å². The first-order valence-electron chi connectivity index (χ1n) is 7.08. The SMILES string of the molecule is CCC(CC)C(C)NC(=O)c1ncccc1C#CCN. The highest BCUT2D eigenvalue weighted by Crippen LogP contribution is 2.13. The van der Waals surface area contributed by atoms with Gasteiger partial charge in [-0.05, 0) is 25.0 Å². The third-order valence-corrected chi connectivity index (χ3v) is 3.46. The summed E-state index contributed by atoms with van der Waals surface area (Å²) < 4.78 is 0. The molecule has 1 unspecified atom stereocenters. The van der Waals surface area contributed by atoms with Crippen LogP contribution in [0.2, 0.25) is 0 Å². The van der Waals surface area contributed by atoms with Crippen molar-refractivity contribution in [2.24, 2.45) is 11.7 Å². The fraction of sp³-hybridized carbons (Fsp3) is 0.500. The van der Waals surface area contributed by atoms with E-state index in [0.29, 0.717) is 17.2 Å². The van der Waals surface area contributed by atoms with Gasteiger partial charge < -0.3 is 11.1 Å². The summed E-state index contributed by atoms with van der Waals surface area (Å²) >= 11 is 0. The van der Waals surface area contributed by atoms with E-state index in [0.717, 1.165) is 12.8 Å². The molecular formula is C16H23N3O. The van der Waals surface area contributed by atoms with Crippen LogP contribution in [0.5, 0.6) is 0 Å². The van der Waals surface area contributed by atoms with Crippen LogP contribution in [0.3, 0.4) is 0 Å². The second-order valence-corrected chi connectivity index (χ2v) is 4.74. The van der Waals surface area contributed by atoms with E-state index >= 15 is 0 Å². The molecule has 0 aliphatic carbocycles. The normalized spacial score (nSPS) is 11.7. The topological polar surface area (TPSA) is 68.0 Å². The molecule has 0 fully saturated rings. The molecule has 1 heterocycles. The Kier molecular flexibility index (Phi) is 6.75. The Morgan fingerprint density at radius 1 is 1.45 bits per heavy atom. The summed E-state index contributed by atoms with van der Waals surface area (Å²) in [6, 6.07) is 3.67. The highest BCUT2D eigenvalue weighted by atomic mass is 16.1. The van der Waals surface area contributed by atoms with Gasteiger partial charge in [-0.3, -0.25) is 4.79 Å². The van der Waals surface area contributed by atoms with Gasteiger partial charge in [0.15, 0.2) is 0 Å². The van der Waals surface area contributed by atoms with Crippen molar-refractivity contribution in [3.63, 3.8) is 0 Å². The van der Waals surface area contributed by atoms with Crippen molar-refractivity contribution < 1.29 is 4.79 Å². The molecule has 1 aromatic heterocycles. The van der Waals surface area contributed by atoms with Gasteiger partial charge in [0.1, 0.15) is 5.69 Å². The zero-order valence-electron chi connectivity index (χ0n) is 12.4. The van der Waals surface area contributed by atoms with E-state index in [1.54, 1.807) is 18.3 Å². The number of nitrogens with zero attached hydrogens (tertiary/aromatic N) is 1. The lowest BCUT2D eigenvalue weighted by Crippen LogP contribution is -2.38. The molecule has 0 saturated carbocycles. The largest absolute Gasteiger partial charge is 0.348 e. The second-order valence-electron chi connectivity index (χ2n) is 4.74. The zero-order valence-corrected chi connectivity index (χ0v) is 12.4. The molecule has 20 heavy (non-hydrogen) atoms. The predicted octanol–water partition coefficient (Wildman–Crippen LogP) is 1.95. The van der Waals surface area contributed by atoms with Crippen molar-refractivity contribution in [1.29, 1.82) is 0 Å². The van der Waals surface area contributed by atoms with Gasteiger partial charge >= 0.3 is 0 Å². The minimum absolute atomic E-state index is 0.120. The summed E-state index contributed by atoms with van der Waals surface area (Å²) in [4.78, 5) is 16.4. The van der Waals surface area contributed by atoms with Crippen molar-refractivity contribution in [1.82, 2.24) is 10.3 Å². The number of hydrogen-bond donors (Lipinski definition) is 2. The molecule has 0 aromatic carbocycles. The Labute approximate surface area is 121 Å². The van der Waals surface area contributed by atoms with E-state index in [1.165, 1.54) is 0 Å². The van der Waals surface area contributed by atoms with E-state index < -0.39 is 0 Å². The van der Waals surface area contributed by atoms with Gasteiger partial charge in [-0.2, -0.15) is 0 Å². The van der Waals surface area contributed by atoms with Gasteiger partial charge in [0.05, 0.1) is 12.1 Å². The Bertz CT molecular complexity index is 498. The van der Waals surface area contributed by atoms with Crippen LogP contribution in [-0.2, 0) is 0 Å². The van der Waals surface area contributed by atoms with Gasteiger partial charge in [0.2, 0.25) is 0 Å². The summed E-state index contributed by atoms with van der Waals surface area (Å²) in [5.41, 5.74) is 6.35. The molecule has 0 bridgehead atoms. The third-order valence-electron chi connectivity index (χ3n) is 3.46. The number of nitrogens with two attached hydrogens (primary N) is 1. The first-order chi connectivity index (χ1) is 9.63. The molecule has 1 atom stereocenters. The number of nitrogens with one attached hydrogen (secondary N) is 1. The molecule has 0 radical (unpaired) electrons. The smallest absolute Gasteiger partial charge is 0.271 e. The molecule has 0 aliphatic heterocycles. The standard InChI is InChI=1S/C16H23N3O/c1-4-13(5-2)12(3)19-16(20)15-14(8-6-10-17)9-7-11-18-15/h7,9,11-13H,4-5,10,17H2,1-3H3,(H,19,20). The fourth-order valence-corrected chi connectivity index (χ4v) is 2.22. The van der Waals surface area contributed by atoms with Crippen LogP contribution >= 0.6 is 0 Å². The Hall–Kier alpha value is -1.86. The van der Waals surface area contributed by atoms with Crippen molar-refractivity contribution in [2.45, 2.75) is 39.7 Å². The molecule has 4 heteroatoms. The average molecular weight is 273 g/mol. The van der Waals surface area contributed by atoms with E-state index in [9.17, 15) is 4.79 Å². The first kappa shape index (κ1) is 16.2. The number of pyridine rings is 1. The van der Waals surface area contributed by atoms with E-state index in [4.69, 9.17) is 5.73 Å². The van der Waals surface area contributed by atoms with Gasteiger partial charge in [0.25, 0.3) is 5.91 Å². The molecule has 3 N–H and O–H groups in total. The van der Waals surface area contributed by atoms with Crippen LogP contribution in [-0.4, -0.2) is 23.5 Å². The van der Waals surface area contributed by atoms with Crippen LogP contribution in [0.25, 0.3) is 0 Å². The lowest BCUT2D eigenvalue weighted by Gasteiger charge is -2.22. The van der Waals surface area contributed by atoms with Crippen molar-refractivity contribution in [3.8, 4) is 11.8 Å². The molecule has 108 valence electrons. The minimum atomic E-state index is -0.175. The Balaban J connectivity index is 2.87. The second kappa shape index (κ2) is 8.34. The summed E-state index contributed by atoms with van der Waals surface area (Å²) in [5, 5.41) is 3.01. The van der Waals surface area contributed by atoms with Gasteiger partial charge in [0, 0.05) is 12.2 Å². The molecule has 0 aliphatic rings. The summed E-state index contributed by atoms with van der Waals surface area (Å²) in [5.74, 6) is 5.94. The quantitative estimate of drug-likeness (QED) is 0.806. The maximum Gasteiger partial charge on any atom is 0.271 e. The number of hydrogen-bond acceptors (Lipinski definition) is 3. The van der Waals surface area contributed by atoms with Crippen molar-refractivity contribution in [3.05, 3.63) is 29.6 Å². The minimum Gasteiger partial charge on any atom is -0.348 e. The Morgan fingerprint density at radius 2 is 2.15 bits per heavy atom. The molecule has 1 aromatic rings. The number of rotatable bonds is 5. The highest BCUT2D eigenvalue weighted by Gasteiger charge is 2.18. The molecule has 0 saturated heterocycles. The van der Waals surface area contributed by atoms with Crippen LogP contribution in [0.4, 0.5) is 0 Å². The van der Waals surface area contributed by atoms with Crippen LogP contribution in [0, 0.1) is 17.8 Å². The predicted molar refractivity (Wildman–Crippen MR) is 81.2 cm³/mol. The fourth-order valence-electron chi connectivity index (χ4n) is 2.22. The maximum absolute atomic E-state index is 12.3. The first-order valence-corrected chi connectivity index (χ1v) is 7.08. The maximum atomic E-state index is 12.3. The summed E-state index contributed by atoms with van der Waals surface area (Å²) in [7, 11) is 0. The van der Waals surface area contributed by atoms with Gasteiger partial charge in [-0.25, -0.2) is 4.98 Å². The molecule has 1 amide bonds.